The lowest BCUT2D eigenvalue weighted by Crippen LogP contribution is -2.39. The van der Waals surface area contributed by atoms with Gasteiger partial charge in [0.05, 0.1) is 5.41 Å². The van der Waals surface area contributed by atoms with E-state index in [4.69, 9.17) is 9.47 Å². The predicted octanol–water partition coefficient (Wildman–Crippen LogP) is 2.12. The second-order valence-corrected chi connectivity index (χ2v) is 6.33. The fraction of sp³-hybridized carbons (Fsp3) is 0.857. The van der Waals surface area contributed by atoms with E-state index in [0.29, 0.717) is 32.4 Å². The van der Waals surface area contributed by atoms with Crippen molar-refractivity contribution in [1.82, 2.24) is 4.90 Å². The summed E-state index contributed by atoms with van der Waals surface area (Å²) in [5, 5.41) is 9.48. The van der Waals surface area contributed by atoms with Crippen LogP contribution in [0, 0.1) is 5.41 Å². The summed E-state index contributed by atoms with van der Waals surface area (Å²) in [6, 6.07) is 0. The van der Waals surface area contributed by atoms with Crippen molar-refractivity contribution >= 4 is 12.1 Å². The van der Waals surface area contributed by atoms with Crippen LogP contribution in [-0.2, 0) is 14.3 Å². The zero-order valence-corrected chi connectivity index (χ0v) is 12.8. The Morgan fingerprint density at radius 3 is 2.50 bits per heavy atom. The van der Waals surface area contributed by atoms with Gasteiger partial charge in [-0.3, -0.25) is 4.79 Å². The van der Waals surface area contributed by atoms with E-state index < -0.39 is 23.1 Å². The summed E-state index contributed by atoms with van der Waals surface area (Å²) in [7, 11) is 1.59. The number of nitrogens with zero attached hydrogens (tertiary/aromatic N) is 1. The molecule has 20 heavy (non-hydrogen) atoms. The maximum Gasteiger partial charge on any atom is 0.410 e. The van der Waals surface area contributed by atoms with E-state index in [1.165, 1.54) is 4.90 Å². The second kappa shape index (κ2) is 6.43. The number of hydrogen-bond acceptors (Lipinski definition) is 4. The quantitative estimate of drug-likeness (QED) is 0.784. The van der Waals surface area contributed by atoms with Crippen molar-refractivity contribution in [1.29, 1.82) is 0 Å². The van der Waals surface area contributed by atoms with Gasteiger partial charge in [-0.25, -0.2) is 4.79 Å². The van der Waals surface area contributed by atoms with Gasteiger partial charge in [0.2, 0.25) is 0 Å². The maximum atomic E-state index is 12.0. The molecule has 0 spiro atoms. The molecule has 1 amide bonds. The van der Waals surface area contributed by atoms with E-state index in [1.54, 1.807) is 27.9 Å². The van der Waals surface area contributed by atoms with Crippen LogP contribution in [0.3, 0.4) is 0 Å². The van der Waals surface area contributed by atoms with Crippen molar-refractivity contribution in [2.45, 2.75) is 45.6 Å². The molecule has 116 valence electrons. The fourth-order valence-corrected chi connectivity index (χ4v) is 2.40. The van der Waals surface area contributed by atoms with Gasteiger partial charge in [-0.2, -0.15) is 0 Å². The van der Waals surface area contributed by atoms with Crippen molar-refractivity contribution in [3.8, 4) is 0 Å². The number of carboxylic acids is 1. The Kier molecular flexibility index (Phi) is 5.39. The minimum Gasteiger partial charge on any atom is -0.481 e. The number of carboxylic acid groups (broad SMARTS) is 1. The largest absolute Gasteiger partial charge is 0.481 e. The highest BCUT2D eigenvalue weighted by Crippen LogP contribution is 2.36. The molecule has 1 N–H and O–H groups in total. The van der Waals surface area contributed by atoms with E-state index in [2.05, 4.69) is 0 Å². The third kappa shape index (κ3) is 4.37. The number of methoxy groups -OCH3 is 1. The lowest BCUT2D eigenvalue weighted by Gasteiger charge is -2.27. The normalized spacial score (nSPS) is 22.9. The molecule has 0 radical (unpaired) electrons. The van der Waals surface area contributed by atoms with Crippen LogP contribution < -0.4 is 0 Å². The molecule has 0 aliphatic carbocycles. The molecule has 0 saturated carbocycles. The third-order valence-electron chi connectivity index (χ3n) is 3.46. The fourth-order valence-electron chi connectivity index (χ4n) is 2.40. The van der Waals surface area contributed by atoms with Crippen LogP contribution in [0.2, 0.25) is 0 Å². The number of amides is 1. The standard InChI is InChI=1S/C14H25NO5/c1-13(2,3)20-12(18)15-8-7-14(10-15,11(16)17)6-5-9-19-4/h5-10H2,1-4H3,(H,16,17)/t14-/m1/s1. The predicted molar refractivity (Wildman–Crippen MR) is 73.6 cm³/mol. The van der Waals surface area contributed by atoms with Crippen LogP contribution >= 0.6 is 0 Å². The molecule has 1 aliphatic heterocycles. The molecule has 0 bridgehead atoms. The summed E-state index contributed by atoms with van der Waals surface area (Å²) in [5.74, 6) is -0.848. The van der Waals surface area contributed by atoms with E-state index >= 15 is 0 Å². The number of hydrogen-bond donors (Lipinski definition) is 1. The van der Waals surface area contributed by atoms with Crippen LogP contribution in [-0.4, -0.2) is 54.5 Å². The lowest BCUT2D eigenvalue weighted by molar-refractivity contribution is -0.148. The van der Waals surface area contributed by atoms with Crippen LogP contribution in [0.4, 0.5) is 4.79 Å². The first kappa shape index (κ1) is 16.8. The zero-order chi connectivity index (χ0) is 15.4. The summed E-state index contributed by atoms with van der Waals surface area (Å²) < 4.78 is 10.3. The van der Waals surface area contributed by atoms with Crippen LogP contribution in [0.1, 0.15) is 40.0 Å². The number of likely N-dealkylation sites (tertiary alicyclic amines) is 1. The highest BCUT2D eigenvalue weighted by atomic mass is 16.6. The molecule has 6 heteroatoms. The van der Waals surface area contributed by atoms with E-state index in [9.17, 15) is 14.7 Å². The molecule has 0 aromatic carbocycles. The summed E-state index contributed by atoms with van der Waals surface area (Å²) >= 11 is 0. The SMILES string of the molecule is COCCC[C@@]1(C(=O)O)CCN(C(=O)OC(C)(C)C)C1. The van der Waals surface area contributed by atoms with Gasteiger partial charge in [0, 0.05) is 26.8 Å². The maximum absolute atomic E-state index is 12.0. The van der Waals surface area contributed by atoms with Gasteiger partial charge in [-0.05, 0) is 40.0 Å². The molecular formula is C14H25NO5. The van der Waals surface area contributed by atoms with Crippen LogP contribution in [0.25, 0.3) is 0 Å². The lowest BCUT2D eigenvalue weighted by atomic mass is 9.82. The van der Waals surface area contributed by atoms with Gasteiger partial charge >= 0.3 is 12.1 Å². The minimum atomic E-state index is -0.866. The average molecular weight is 287 g/mol. The molecular weight excluding hydrogens is 262 g/mol. The number of ether oxygens (including phenoxy) is 2. The average Bonchev–Trinajstić information content (AvgIpc) is 2.73. The Morgan fingerprint density at radius 1 is 1.35 bits per heavy atom. The number of aliphatic carboxylic acids is 1. The summed E-state index contributed by atoms with van der Waals surface area (Å²) in [5.41, 5.74) is -1.43. The second-order valence-electron chi connectivity index (χ2n) is 6.33. The Balaban J connectivity index is 2.65. The minimum absolute atomic E-state index is 0.209. The molecule has 6 nitrogen and oxygen atoms in total. The van der Waals surface area contributed by atoms with Gasteiger partial charge in [-0.1, -0.05) is 0 Å². The third-order valence-corrected chi connectivity index (χ3v) is 3.46. The summed E-state index contributed by atoms with van der Waals surface area (Å²) in [4.78, 5) is 25.0. The van der Waals surface area contributed by atoms with Crippen molar-refractivity contribution < 1.29 is 24.2 Å². The first-order valence-electron chi connectivity index (χ1n) is 6.90. The van der Waals surface area contributed by atoms with Gasteiger partial charge < -0.3 is 19.5 Å². The number of rotatable bonds is 5. The summed E-state index contributed by atoms with van der Waals surface area (Å²) in [6.07, 6.45) is 1.21. The Labute approximate surface area is 120 Å². The van der Waals surface area contributed by atoms with Crippen molar-refractivity contribution in [3.05, 3.63) is 0 Å². The zero-order valence-electron chi connectivity index (χ0n) is 12.8. The van der Waals surface area contributed by atoms with Gasteiger partial charge in [0.25, 0.3) is 0 Å². The van der Waals surface area contributed by atoms with Crippen molar-refractivity contribution in [2.24, 2.45) is 5.41 Å². The number of carbonyl (C=O) groups is 2. The van der Waals surface area contributed by atoms with Gasteiger partial charge in [0.1, 0.15) is 5.60 Å². The molecule has 1 aliphatic rings. The molecule has 0 aromatic heterocycles. The first-order valence-corrected chi connectivity index (χ1v) is 6.90. The smallest absolute Gasteiger partial charge is 0.410 e. The summed E-state index contributed by atoms with van der Waals surface area (Å²) in [6.45, 7) is 6.55. The monoisotopic (exact) mass is 287 g/mol. The van der Waals surface area contributed by atoms with E-state index in [-0.39, 0.29) is 6.54 Å². The molecule has 1 atom stereocenters. The van der Waals surface area contributed by atoms with Crippen molar-refractivity contribution in [2.75, 3.05) is 26.8 Å². The van der Waals surface area contributed by atoms with Gasteiger partial charge in [-0.15, -0.1) is 0 Å². The first-order chi connectivity index (χ1) is 9.20. The van der Waals surface area contributed by atoms with Crippen LogP contribution in [0.15, 0.2) is 0 Å². The highest BCUT2D eigenvalue weighted by Gasteiger charge is 2.46. The van der Waals surface area contributed by atoms with E-state index in [1.807, 2.05) is 0 Å². The number of carbonyl (C=O) groups excluding carboxylic acids is 1. The highest BCUT2D eigenvalue weighted by molar-refractivity contribution is 5.78. The molecule has 0 unspecified atom stereocenters. The topological polar surface area (TPSA) is 76.1 Å². The van der Waals surface area contributed by atoms with Gasteiger partial charge in [0.15, 0.2) is 0 Å². The molecule has 1 fully saturated rings. The molecule has 1 heterocycles. The Morgan fingerprint density at radius 2 is 2.00 bits per heavy atom. The van der Waals surface area contributed by atoms with Crippen LogP contribution in [0.5, 0.6) is 0 Å². The molecule has 0 aromatic rings. The Hall–Kier alpha value is -1.30. The van der Waals surface area contributed by atoms with E-state index in [0.717, 1.165) is 0 Å². The molecule has 1 saturated heterocycles. The Bertz CT molecular complexity index is 363. The van der Waals surface area contributed by atoms with Crippen molar-refractivity contribution in [3.63, 3.8) is 0 Å². The molecule has 1 rings (SSSR count).